The highest BCUT2D eigenvalue weighted by atomic mass is 16.1. The molecule has 2 aromatic carbocycles. The van der Waals surface area contributed by atoms with E-state index in [-0.39, 0.29) is 5.78 Å². The second-order valence-corrected chi connectivity index (χ2v) is 3.64. The van der Waals surface area contributed by atoms with E-state index < -0.39 is 0 Å². The zero-order chi connectivity index (χ0) is 12.3. The van der Waals surface area contributed by atoms with Crippen molar-refractivity contribution in [2.24, 2.45) is 0 Å². The van der Waals surface area contributed by atoms with Gasteiger partial charge >= 0.3 is 0 Å². The number of hydrogen-bond acceptors (Lipinski definition) is 3. The van der Waals surface area contributed by atoms with Crippen LogP contribution in [0.2, 0.25) is 0 Å². The molecule has 0 atom stereocenters. The molecule has 0 bridgehead atoms. The number of benzene rings is 2. The highest BCUT2D eigenvalue weighted by Crippen LogP contribution is 2.12. The Balaban J connectivity index is 2.31. The van der Waals surface area contributed by atoms with E-state index in [1.807, 2.05) is 6.07 Å². The van der Waals surface area contributed by atoms with Gasteiger partial charge in [0.15, 0.2) is 5.78 Å². The van der Waals surface area contributed by atoms with Crippen LogP contribution < -0.4 is 5.73 Å². The fourth-order valence-corrected chi connectivity index (χ4v) is 1.50. The van der Waals surface area contributed by atoms with Gasteiger partial charge in [0.25, 0.3) is 0 Å². The Kier molecular flexibility index (Phi) is 2.89. The van der Waals surface area contributed by atoms with Gasteiger partial charge in [0.05, 0.1) is 11.6 Å². The second-order valence-electron chi connectivity index (χ2n) is 3.64. The molecule has 17 heavy (non-hydrogen) atoms. The lowest BCUT2D eigenvalue weighted by atomic mass is 10.0. The van der Waals surface area contributed by atoms with Gasteiger partial charge in [-0.2, -0.15) is 5.26 Å². The topological polar surface area (TPSA) is 66.9 Å². The van der Waals surface area contributed by atoms with Crippen LogP contribution in [0.1, 0.15) is 21.5 Å². The fraction of sp³-hybridized carbons (Fsp3) is 0. The molecule has 0 saturated carbocycles. The largest absolute Gasteiger partial charge is 0.399 e. The average molecular weight is 222 g/mol. The van der Waals surface area contributed by atoms with E-state index in [1.165, 1.54) is 0 Å². The maximum atomic E-state index is 12.0. The van der Waals surface area contributed by atoms with Crippen molar-refractivity contribution < 1.29 is 4.79 Å². The first-order valence-electron chi connectivity index (χ1n) is 5.11. The van der Waals surface area contributed by atoms with Crippen LogP contribution in [0, 0.1) is 11.3 Å². The van der Waals surface area contributed by atoms with Crippen molar-refractivity contribution in [2.45, 2.75) is 0 Å². The molecule has 0 heterocycles. The summed E-state index contributed by atoms with van der Waals surface area (Å²) in [5.41, 5.74) is 7.87. The van der Waals surface area contributed by atoms with E-state index in [1.54, 1.807) is 48.5 Å². The lowest BCUT2D eigenvalue weighted by Gasteiger charge is -2.01. The number of nitrogen functional groups attached to an aromatic ring is 1. The summed E-state index contributed by atoms with van der Waals surface area (Å²) in [5.74, 6) is -0.0745. The SMILES string of the molecule is N#Cc1ccc(C(=O)c2ccc(N)cc2)cc1. The maximum Gasteiger partial charge on any atom is 0.193 e. The van der Waals surface area contributed by atoms with Gasteiger partial charge in [-0.05, 0) is 48.5 Å². The van der Waals surface area contributed by atoms with Crippen molar-refractivity contribution in [3.8, 4) is 6.07 Å². The molecule has 3 nitrogen and oxygen atoms in total. The Bertz CT molecular complexity index is 577. The van der Waals surface area contributed by atoms with Crippen LogP contribution in [-0.4, -0.2) is 5.78 Å². The Labute approximate surface area is 99.1 Å². The molecule has 2 rings (SSSR count). The highest BCUT2D eigenvalue weighted by molar-refractivity contribution is 6.09. The summed E-state index contributed by atoms with van der Waals surface area (Å²) in [5, 5.41) is 8.67. The number of hydrogen-bond donors (Lipinski definition) is 1. The molecule has 2 N–H and O–H groups in total. The quantitative estimate of drug-likeness (QED) is 0.626. The second kappa shape index (κ2) is 4.50. The lowest BCUT2D eigenvalue weighted by molar-refractivity contribution is 0.103. The van der Waals surface area contributed by atoms with Crippen molar-refractivity contribution in [1.29, 1.82) is 5.26 Å². The van der Waals surface area contributed by atoms with E-state index in [0.717, 1.165) is 0 Å². The first kappa shape index (κ1) is 10.9. The van der Waals surface area contributed by atoms with E-state index in [0.29, 0.717) is 22.4 Å². The molecule has 0 aromatic heterocycles. The van der Waals surface area contributed by atoms with E-state index in [9.17, 15) is 4.79 Å². The number of nitriles is 1. The van der Waals surface area contributed by atoms with Gasteiger partial charge in [0.1, 0.15) is 0 Å². The highest BCUT2D eigenvalue weighted by Gasteiger charge is 2.08. The predicted octanol–water partition coefficient (Wildman–Crippen LogP) is 2.37. The van der Waals surface area contributed by atoms with Crippen LogP contribution in [0.15, 0.2) is 48.5 Å². The fourth-order valence-electron chi connectivity index (χ4n) is 1.50. The number of anilines is 1. The van der Waals surface area contributed by atoms with Gasteiger partial charge in [-0.25, -0.2) is 0 Å². The third-order valence-corrected chi connectivity index (χ3v) is 2.45. The van der Waals surface area contributed by atoms with Crippen molar-refractivity contribution in [1.82, 2.24) is 0 Å². The number of carbonyl (C=O) groups is 1. The zero-order valence-corrected chi connectivity index (χ0v) is 9.05. The summed E-state index contributed by atoms with van der Waals surface area (Å²) in [4.78, 5) is 12.0. The first-order chi connectivity index (χ1) is 8.20. The Hall–Kier alpha value is -2.60. The molecular formula is C14H10N2O. The smallest absolute Gasteiger partial charge is 0.193 e. The van der Waals surface area contributed by atoms with E-state index >= 15 is 0 Å². The number of nitrogens with zero attached hydrogens (tertiary/aromatic N) is 1. The maximum absolute atomic E-state index is 12.0. The van der Waals surface area contributed by atoms with E-state index in [4.69, 9.17) is 11.0 Å². The molecule has 0 radical (unpaired) electrons. The Morgan fingerprint density at radius 3 is 1.88 bits per heavy atom. The van der Waals surface area contributed by atoms with Crippen LogP contribution in [0.4, 0.5) is 5.69 Å². The third-order valence-electron chi connectivity index (χ3n) is 2.45. The van der Waals surface area contributed by atoms with Gasteiger partial charge in [-0.1, -0.05) is 0 Å². The molecule has 0 aliphatic heterocycles. The van der Waals surface area contributed by atoms with Crippen molar-refractivity contribution >= 4 is 11.5 Å². The lowest BCUT2D eigenvalue weighted by Crippen LogP contribution is -2.01. The van der Waals surface area contributed by atoms with Gasteiger partial charge in [-0.3, -0.25) is 4.79 Å². The molecule has 0 unspecified atom stereocenters. The van der Waals surface area contributed by atoms with Gasteiger partial charge < -0.3 is 5.73 Å². The molecule has 82 valence electrons. The third kappa shape index (κ3) is 2.32. The molecule has 0 saturated heterocycles. The summed E-state index contributed by atoms with van der Waals surface area (Å²) >= 11 is 0. The monoisotopic (exact) mass is 222 g/mol. The first-order valence-corrected chi connectivity index (χ1v) is 5.11. The molecule has 0 aliphatic carbocycles. The number of rotatable bonds is 2. The number of ketones is 1. The Morgan fingerprint density at radius 2 is 1.41 bits per heavy atom. The van der Waals surface area contributed by atoms with Crippen LogP contribution in [0.5, 0.6) is 0 Å². The molecule has 2 aromatic rings. The summed E-state index contributed by atoms with van der Waals surface area (Å²) < 4.78 is 0. The summed E-state index contributed by atoms with van der Waals surface area (Å²) in [7, 11) is 0. The minimum absolute atomic E-state index is 0.0745. The predicted molar refractivity (Wildman–Crippen MR) is 65.4 cm³/mol. The standard InChI is InChI=1S/C14H10N2O/c15-9-10-1-3-11(4-2-10)14(17)12-5-7-13(16)8-6-12/h1-8H,16H2. The number of nitrogens with two attached hydrogens (primary N) is 1. The minimum atomic E-state index is -0.0745. The van der Waals surface area contributed by atoms with E-state index in [2.05, 4.69) is 0 Å². The van der Waals surface area contributed by atoms with Gasteiger partial charge in [-0.15, -0.1) is 0 Å². The summed E-state index contributed by atoms with van der Waals surface area (Å²) in [6.45, 7) is 0. The van der Waals surface area contributed by atoms with Crippen molar-refractivity contribution in [3.05, 3.63) is 65.2 Å². The molecule has 0 aliphatic rings. The summed E-state index contributed by atoms with van der Waals surface area (Å²) in [6, 6.07) is 15.3. The number of carbonyl (C=O) groups excluding carboxylic acids is 1. The average Bonchev–Trinajstić information content (AvgIpc) is 2.39. The molecule has 0 fully saturated rings. The van der Waals surface area contributed by atoms with Crippen LogP contribution in [-0.2, 0) is 0 Å². The van der Waals surface area contributed by atoms with Crippen LogP contribution in [0.25, 0.3) is 0 Å². The zero-order valence-electron chi connectivity index (χ0n) is 9.05. The summed E-state index contributed by atoms with van der Waals surface area (Å²) in [6.07, 6.45) is 0. The Morgan fingerprint density at radius 1 is 0.941 bits per heavy atom. The normalized spacial score (nSPS) is 9.59. The molecule has 0 spiro atoms. The van der Waals surface area contributed by atoms with Crippen molar-refractivity contribution in [2.75, 3.05) is 5.73 Å². The molecule has 3 heteroatoms. The van der Waals surface area contributed by atoms with Crippen molar-refractivity contribution in [3.63, 3.8) is 0 Å². The van der Waals surface area contributed by atoms with Crippen LogP contribution >= 0.6 is 0 Å². The minimum Gasteiger partial charge on any atom is -0.399 e. The van der Waals surface area contributed by atoms with Gasteiger partial charge in [0, 0.05) is 16.8 Å². The molecule has 0 amide bonds. The van der Waals surface area contributed by atoms with Crippen LogP contribution in [0.3, 0.4) is 0 Å². The molecular weight excluding hydrogens is 212 g/mol. The van der Waals surface area contributed by atoms with Gasteiger partial charge in [0.2, 0.25) is 0 Å².